The second-order valence-electron chi connectivity index (χ2n) is 8.59. The van der Waals surface area contributed by atoms with Crippen LogP contribution in [0, 0.1) is 6.92 Å². The second kappa shape index (κ2) is 8.88. The van der Waals surface area contributed by atoms with Crippen LogP contribution < -0.4 is 5.32 Å². The van der Waals surface area contributed by atoms with Crippen molar-refractivity contribution < 1.29 is 9.21 Å². The molecule has 1 amide bonds. The number of rotatable bonds is 7. The van der Waals surface area contributed by atoms with Gasteiger partial charge in [0.15, 0.2) is 0 Å². The highest BCUT2D eigenvalue weighted by Gasteiger charge is 2.41. The summed E-state index contributed by atoms with van der Waals surface area (Å²) in [6, 6.07) is 21.1. The maximum Gasteiger partial charge on any atom is 0.221 e. The Kier molecular flexibility index (Phi) is 6.05. The molecule has 1 N–H and O–H groups in total. The summed E-state index contributed by atoms with van der Waals surface area (Å²) in [4.78, 5) is 13.7. The van der Waals surface area contributed by atoms with Gasteiger partial charge in [-0.05, 0) is 67.6 Å². The summed E-state index contributed by atoms with van der Waals surface area (Å²) in [5.74, 6) is 1.08. The van der Waals surface area contributed by atoms with Gasteiger partial charge < -0.3 is 9.73 Å². The van der Waals surface area contributed by atoms with Crippen LogP contribution in [0.5, 0.6) is 0 Å². The third-order valence-electron chi connectivity index (χ3n) is 6.10. The first-order chi connectivity index (χ1) is 14.5. The summed E-state index contributed by atoms with van der Waals surface area (Å²) < 4.78 is 6.02. The lowest BCUT2D eigenvalue weighted by Gasteiger charge is -2.28. The molecule has 1 aromatic heterocycles. The molecule has 1 unspecified atom stereocenters. The maximum absolute atomic E-state index is 11.2. The Morgan fingerprint density at radius 3 is 2.53 bits per heavy atom. The standard InChI is InChI=1S/C26H30N2O2/c1-20-16-25(30-18-20)26(13-12-22-6-4-3-5-7-22)14-15-28(19-26)17-23-8-10-24(11-9-23)27-21(2)29/h3-11,16,18H,12-15,17,19H2,1-2H3,(H,27,29). The molecule has 2 heterocycles. The van der Waals surface area contributed by atoms with Crippen LogP contribution in [0.2, 0.25) is 0 Å². The van der Waals surface area contributed by atoms with Crippen molar-refractivity contribution in [2.75, 3.05) is 18.4 Å². The average molecular weight is 403 g/mol. The summed E-state index contributed by atoms with van der Waals surface area (Å²) in [5.41, 5.74) is 4.73. The van der Waals surface area contributed by atoms with Crippen LogP contribution in [0.4, 0.5) is 5.69 Å². The fourth-order valence-corrected chi connectivity index (χ4v) is 4.51. The molecule has 4 rings (SSSR count). The molecule has 0 aliphatic carbocycles. The van der Waals surface area contributed by atoms with Crippen molar-refractivity contribution >= 4 is 11.6 Å². The van der Waals surface area contributed by atoms with Gasteiger partial charge >= 0.3 is 0 Å². The zero-order valence-electron chi connectivity index (χ0n) is 17.9. The number of likely N-dealkylation sites (tertiary alicyclic amines) is 1. The predicted octanol–water partition coefficient (Wildman–Crippen LogP) is 5.32. The van der Waals surface area contributed by atoms with E-state index in [1.165, 1.54) is 23.6 Å². The Bertz CT molecular complexity index is 978. The van der Waals surface area contributed by atoms with E-state index in [0.29, 0.717) is 0 Å². The minimum Gasteiger partial charge on any atom is -0.468 e. The molecular formula is C26H30N2O2. The largest absolute Gasteiger partial charge is 0.468 e. The van der Waals surface area contributed by atoms with Crippen LogP contribution in [0.1, 0.15) is 42.2 Å². The highest BCUT2D eigenvalue weighted by molar-refractivity contribution is 5.88. The number of carbonyl (C=O) groups excluding carboxylic acids is 1. The highest BCUT2D eigenvalue weighted by atomic mass is 16.3. The Morgan fingerprint density at radius 2 is 1.87 bits per heavy atom. The zero-order valence-corrected chi connectivity index (χ0v) is 17.9. The number of hydrogen-bond acceptors (Lipinski definition) is 3. The van der Waals surface area contributed by atoms with Gasteiger partial charge in [-0.3, -0.25) is 9.69 Å². The smallest absolute Gasteiger partial charge is 0.221 e. The Labute approximate surface area is 178 Å². The monoisotopic (exact) mass is 402 g/mol. The van der Waals surface area contributed by atoms with E-state index >= 15 is 0 Å². The molecular weight excluding hydrogens is 372 g/mol. The molecule has 4 heteroatoms. The van der Waals surface area contributed by atoms with Crippen molar-refractivity contribution in [2.24, 2.45) is 0 Å². The molecule has 0 saturated carbocycles. The van der Waals surface area contributed by atoms with Crippen LogP contribution in [0.25, 0.3) is 0 Å². The fraction of sp³-hybridized carbons (Fsp3) is 0.346. The molecule has 2 aromatic carbocycles. The number of anilines is 1. The van der Waals surface area contributed by atoms with Crippen molar-refractivity contribution in [1.29, 1.82) is 0 Å². The van der Waals surface area contributed by atoms with Gasteiger partial charge in [-0.15, -0.1) is 0 Å². The van der Waals surface area contributed by atoms with E-state index in [1.54, 1.807) is 0 Å². The molecule has 3 aromatic rings. The number of aryl methyl sites for hydroxylation is 2. The van der Waals surface area contributed by atoms with Crippen LogP contribution in [0.15, 0.2) is 71.3 Å². The third-order valence-corrected chi connectivity index (χ3v) is 6.10. The van der Waals surface area contributed by atoms with Crippen LogP contribution in [-0.2, 0) is 23.2 Å². The molecule has 4 nitrogen and oxygen atoms in total. The number of benzene rings is 2. The molecule has 1 saturated heterocycles. The van der Waals surface area contributed by atoms with Crippen molar-refractivity contribution in [3.8, 4) is 0 Å². The summed E-state index contributed by atoms with van der Waals surface area (Å²) in [6.07, 6.45) is 5.13. The van der Waals surface area contributed by atoms with Crippen molar-refractivity contribution in [3.63, 3.8) is 0 Å². The first kappa shape index (κ1) is 20.4. The lowest BCUT2D eigenvalue weighted by atomic mass is 9.79. The molecule has 0 spiro atoms. The number of nitrogens with zero attached hydrogens (tertiary/aromatic N) is 1. The Balaban J connectivity index is 1.46. The van der Waals surface area contributed by atoms with Gasteiger partial charge in [-0.2, -0.15) is 0 Å². The summed E-state index contributed by atoms with van der Waals surface area (Å²) in [7, 11) is 0. The van der Waals surface area contributed by atoms with Gasteiger partial charge in [-0.25, -0.2) is 0 Å². The van der Waals surface area contributed by atoms with E-state index in [2.05, 4.69) is 65.7 Å². The topological polar surface area (TPSA) is 45.5 Å². The molecule has 30 heavy (non-hydrogen) atoms. The molecule has 0 bridgehead atoms. The lowest BCUT2D eigenvalue weighted by molar-refractivity contribution is -0.114. The highest BCUT2D eigenvalue weighted by Crippen LogP contribution is 2.40. The Morgan fingerprint density at radius 1 is 1.10 bits per heavy atom. The predicted molar refractivity (Wildman–Crippen MR) is 121 cm³/mol. The zero-order chi connectivity index (χ0) is 21.0. The van der Waals surface area contributed by atoms with Gasteiger partial charge in [0, 0.05) is 31.1 Å². The van der Waals surface area contributed by atoms with E-state index < -0.39 is 0 Å². The van der Waals surface area contributed by atoms with E-state index in [0.717, 1.165) is 50.3 Å². The third kappa shape index (κ3) is 4.82. The first-order valence-electron chi connectivity index (χ1n) is 10.7. The number of carbonyl (C=O) groups is 1. The summed E-state index contributed by atoms with van der Waals surface area (Å²) >= 11 is 0. The second-order valence-corrected chi connectivity index (χ2v) is 8.59. The number of furan rings is 1. The normalized spacial score (nSPS) is 19.1. The van der Waals surface area contributed by atoms with E-state index in [9.17, 15) is 4.79 Å². The Hall–Kier alpha value is -2.85. The van der Waals surface area contributed by atoms with Crippen LogP contribution >= 0.6 is 0 Å². The molecule has 1 aliphatic heterocycles. The summed E-state index contributed by atoms with van der Waals surface area (Å²) in [6.45, 7) is 6.60. The molecule has 156 valence electrons. The van der Waals surface area contributed by atoms with Crippen LogP contribution in [0.3, 0.4) is 0 Å². The molecule has 1 atom stereocenters. The van der Waals surface area contributed by atoms with Gasteiger partial charge in [0.25, 0.3) is 0 Å². The van der Waals surface area contributed by atoms with E-state index in [4.69, 9.17) is 4.42 Å². The van der Waals surface area contributed by atoms with Crippen molar-refractivity contribution in [3.05, 3.63) is 89.4 Å². The van der Waals surface area contributed by atoms with Crippen molar-refractivity contribution in [2.45, 2.75) is 45.1 Å². The van der Waals surface area contributed by atoms with E-state index in [1.807, 2.05) is 18.4 Å². The van der Waals surface area contributed by atoms with Crippen molar-refractivity contribution in [1.82, 2.24) is 4.90 Å². The SMILES string of the molecule is CC(=O)Nc1ccc(CN2CCC(CCc3ccccc3)(c3cc(C)co3)C2)cc1. The molecule has 1 aliphatic rings. The average Bonchev–Trinajstić information content (AvgIpc) is 3.36. The lowest BCUT2D eigenvalue weighted by Crippen LogP contribution is -2.31. The molecule has 0 radical (unpaired) electrons. The first-order valence-corrected chi connectivity index (χ1v) is 10.7. The molecule has 1 fully saturated rings. The minimum atomic E-state index is -0.0424. The quantitative estimate of drug-likeness (QED) is 0.581. The van der Waals surface area contributed by atoms with Gasteiger partial charge in [0.1, 0.15) is 5.76 Å². The number of hydrogen-bond donors (Lipinski definition) is 1. The minimum absolute atomic E-state index is 0.0424. The van der Waals surface area contributed by atoms with Gasteiger partial charge in [0.05, 0.1) is 6.26 Å². The maximum atomic E-state index is 11.2. The number of amides is 1. The van der Waals surface area contributed by atoms with Gasteiger partial charge in [0.2, 0.25) is 5.91 Å². The van der Waals surface area contributed by atoms with Gasteiger partial charge in [-0.1, -0.05) is 42.5 Å². The van der Waals surface area contributed by atoms with E-state index in [-0.39, 0.29) is 11.3 Å². The van der Waals surface area contributed by atoms with Crippen LogP contribution in [-0.4, -0.2) is 23.9 Å². The number of nitrogens with one attached hydrogen (secondary N) is 1. The summed E-state index contributed by atoms with van der Waals surface area (Å²) in [5, 5.41) is 2.83. The fourth-order valence-electron chi connectivity index (χ4n) is 4.51.